The Morgan fingerprint density at radius 3 is 2.62 bits per heavy atom. The van der Waals surface area contributed by atoms with Crippen LogP contribution in [0.1, 0.15) is 12.8 Å². The second kappa shape index (κ2) is 5.17. The van der Waals surface area contributed by atoms with Gasteiger partial charge in [0.1, 0.15) is 0 Å². The summed E-state index contributed by atoms with van der Waals surface area (Å²) < 4.78 is 5.32. The summed E-state index contributed by atoms with van der Waals surface area (Å²) in [6.07, 6.45) is 2.33. The second-order valence-corrected chi connectivity index (χ2v) is 4.51. The van der Waals surface area contributed by atoms with Crippen molar-refractivity contribution in [2.45, 2.75) is 18.9 Å². The van der Waals surface area contributed by atoms with Gasteiger partial charge in [0, 0.05) is 26.3 Å². The lowest BCUT2D eigenvalue weighted by molar-refractivity contribution is 0.0819. The number of anilines is 1. The number of halogens is 2. The molecule has 1 aliphatic heterocycles. The van der Waals surface area contributed by atoms with Crippen molar-refractivity contribution in [2.24, 2.45) is 0 Å². The Kier molecular flexibility index (Phi) is 3.84. The Morgan fingerprint density at radius 2 is 2.00 bits per heavy atom. The molecule has 1 saturated heterocycles. The van der Waals surface area contributed by atoms with E-state index in [1.165, 1.54) is 0 Å². The monoisotopic (exact) mass is 261 g/mol. The van der Waals surface area contributed by atoms with Crippen molar-refractivity contribution in [3.05, 3.63) is 16.4 Å². The third kappa shape index (κ3) is 2.56. The highest BCUT2D eigenvalue weighted by Gasteiger charge is 2.21. The van der Waals surface area contributed by atoms with Crippen LogP contribution < -0.4 is 4.90 Å². The minimum absolute atomic E-state index is 0.347. The van der Waals surface area contributed by atoms with E-state index in [1.54, 1.807) is 13.2 Å². The van der Waals surface area contributed by atoms with Gasteiger partial charge in [0.05, 0.1) is 11.8 Å². The summed E-state index contributed by atoms with van der Waals surface area (Å²) in [4.78, 5) is 2.17. The average molecular weight is 262 g/mol. The first-order chi connectivity index (χ1) is 7.70. The highest BCUT2D eigenvalue weighted by molar-refractivity contribution is 6.33. The Hall–Kier alpha value is -0.580. The first kappa shape index (κ1) is 11.9. The second-order valence-electron chi connectivity index (χ2n) is 3.77. The van der Waals surface area contributed by atoms with Crippen LogP contribution in [0.2, 0.25) is 10.3 Å². The smallest absolute Gasteiger partial charge is 0.175 e. The van der Waals surface area contributed by atoms with Crippen LogP contribution in [-0.2, 0) is 4.74 Å². The van der Waals surface area contributed by atoms with Gasteiger partial charge >= 0.3 is 0 Å². The third-order valence-corrected chi connectivity index (χ3v) is 3.27. The van der Waals surface area contributed by atoms with Crippen LogP contribution in [0.5, 0.6) is 0 Å². The molecular weight excluding hydrogens is 249 g/mol. The van der Waals surface area contributed by atoms with Crippen molar-refractivity contribution in [3.63, 3.8) is 0 Å². The molecule has 0 aliphatic carbocycles. The number of nitrogens with zero attached hydrogens (tertiary/aromatic N) is 3. The molecule has 0 unspecified atom stereocenters. The van der Waals surface area contributed by atoms with E-state index < -0.39 is 0 Å². The van der Waals surface area contributed by atoms with E-state index in [-0.39, 0.29) is 0 Å². The molecular formula is C10H13Cl2N3O. The predicted octanol–water partition coefficient (Wildman–Crippen LogP) is 2.40. The summed E-state index contributed by atoms with van der Waals surface area (Å²) in [7, 11) is 1.75. The van der Waals surface area contributed by atoms with Crippen LogP contribution in [0.3, 0.4) is 0 Å². The van der Waals surface area contributed by atoms with E-state index >= 15 is 0 Å². The van der Waals surface area contributed by atoms with Crippen molar-refractivity contribution in [2.75, 3.05) is 25.1 Å². The number of hydrogen-bond acceptors (Lipinski definition) is 4. The Bertz CT molecular complexity index is 367. The van der Waals surface area contributed by atoms with Crippen molar-refractivity contribution in [1.82, 2.24) is 10.2 Å². The highest BCUT2D eigenvalue weighted by Crippen LogP contribution is 2.28. The summed E-state index contributed by atoms with van der Waals surface area (Å²) in [5.74, 6) is 0. The van der Waals surface area contributed by atoms with Gasteiger partial charge in [-0.3, -0.25) is 0 Å². The summed E-state index contributed by atoms with van der Waals surface area (Å²) in [5, 5.41) is 8.27. The molecule has 0 spiro atoms. The first-order valence-electron chi connectivity index (χ1n) is 5.17. The van der Waals surface area contributed by atoms with Gasteiger partial charge < -0.3 is 9.64 Å². The molecule has 2 heterocycles. The molecule has 1 aromatic heterocycles. The predicted molar refractivity (Wildman–Crippen MR) is 64.3 cm³/mol. The van der Waals surface area contributed by atoms with E-state index in [2.05, 4.69) is 15.1 Å². The van der Waals surface area contributed by atoms with Gasteiger partial charge in [0.2, 0.25) is 0 Å². The molecule has 0 saturated carbocycles. The van der Waals surface area contributed by atoms with Crippen LogP contribution in [-0.4, -0.2) is 36.5 Å². The number of ether oxygens (including phenoxy) is 1. The van der Waals surface area contributed by atoms with Gasteiger partial charge in [-0.15, -0.1) is 10.2 Å². The standard InChI is InChI=1S/C10H13Cl2N3O/c1-16-7-2-4-15(5-3-7)8-6-9(11)13-14-10(8)12/h6-7H,2-5H2,1H3. The molecule has 1 aromatic rings. The Labute approximate surface area is 105 Å². The summed E-state index contributed by atoms with van der Waals surface area (Å²) in [6.45, 7) is 1.81. The zero-order valence-electron chi connectivity index (χ0n) is 8.99. The highest BCUT2D eigenvalue weighted by atomic mass is 35.5. The van der Waals surface area contributed by atoms with Gasteiger partial charge in [0.15, 0.2) is 10.3 Å². The maximum absolute atomic E-state index is 5.99. The lowest BCUT2D eigenvalue weighted by Crippen LogP contribution is -2.36. The number of rotatable bonds is 2. The van der Waals surface area contributed by atoms with E-state index in [4.69, 9.17) is 27.9 Å². The largest absolute Gasteiger partial charge is 0.381 e. The van der Waals surface area contributed by atoms with Gasteiger partial charge in [0.25, 0.3) is 0 Å². The van der Waals surface area contributed by atoms with E-state index in [0.29, 0.717) is 16.4 Å². The molecule has 0 atom stereocenters. The molecule has 0 radical (unpaired) electrons. The molecule has 16 heavy (non-hydrogen) atoms. The molecule has 0 amide bonds. The fraction of sp³-hybridized carbons (Fsp3) is 0.600. The minimum Gasteiger partial charge on any atom is -0.381 e. The topological polar surface area (TPSA) is 38.2 Å². The van der Waals surface area contributed by atoms with E-state index in [0.717, 1.165) is 31.6 Å². The normalized spacial score (nSPS) is 17.8. The van der Waals surface area contributed by atoms with Crippen LogP contribution in [0.15, 0.2) is 6.07 Å². The molecule has 1 aliphatic rings. The maximum Gasteiger partial charge on any atom is 0.175 e. The van der Waals surface area contributed by atoms with Gasteiger partial charge in [-0.2, -0.15) is 0 Å². The van der Waals surface area contributed by atoms with E-state index in [9.17, 15) is 0 Å². The quantitative estimate of drug-likeness (QED) is 0.820. The molecule has 2 rings (SSSR count). The molecule has 0 N–H and O–H groups in total. The Morgan fingerprint density at radius 1 is 1.31 bits per heavy atom. The number of methoxy groups -OCH3 is 1. The lowest BCUT2D eigenvalue weighted by Gasteiger charge is -2.32. The van der Waals surface area contributed by atoms with Crippen molar-refractivity contribution < 1.29 is 4.74 Å². The van der Waals surface area contributed by atoms with Gasteiger partial charge in [-0.25, -0.2) is 0 Å². The Balaban J connectivity index is 2.10. The average Bonchev–Trinajstić information content (AvgIpc) is 2.32. The zero-order chi connectivity index (χ0) is 11.5. The SMILES string of the molecule is COC1CCN(c2cc(Cl)nnc2Cl)CC1. The maximum atomic E-state index is 5.99. The van der Waals surface area contributed by atoms with Gasteiger partial charge in [-0.1, -0.05) is 23.2 Å². The summed E-state index contributed by atoms with van der Waals surface area (Å²) in [6, 6.07) is 1.75. The first-order valence-corrected chi connectivity index (χ1v) is 5.92. The fourth-order valence-corrected chi connectivity index (χ4v) is 2.25. The van der Waals surface area contributed by atoms with Crippen LogP contribution in [0.25, 0.3) is 0 Å². The molecule has 1 fully saturated rings. The zero-order valence-corrected chi connectivity index (χ0v) is 10.5. The third-order valence-electron chi connectivity index (χ3n) is 2.82. The van der Waals surface area contributed by atoms with Crippen LogP contribution >= 0.6 is 23.2 Å². The minimum atomic E-state index is 0.347. The molecule has 88 valence electrons. The van der Waals surface area contributed by atoms with Crippen LogP contribution in [0.4, 0.5) is 5.69 Å². The number of aromatic nitrogens is 2. The van der Waals surface area contributed by atoms with Gasteiger partial charge in [-0.05, 0) is 12.8 Å². The van der Waals surface area contributed by atoms with E-state index in [1.807, 2.05) is 0 Å². The molecule has 4 nitrogen and oxygen atoms in total. The molecule has 0 bridgehead atoms. The number of piperidine rings is 1. The number of hydrogen-bond donors (Lipinski definition) is 0. The fourth-order valence-electron chi connectivity index (χ4n) is 1.90. The molecule has 0 aromatic carbocycles. The summed E-state index contributed by atoms with van der Waals surface area (Å²) >= 11 is 11.8. The molecule has 6 heteroatoms. The van der Waals surface area contributed by atoms with Crippen molar-refractivity contribution in [1.29, 1.82) is 0 Å². The van der Waals surface area contributed by atoms with Crippen LogP contribution in [0, 0.1) is 0 Å². The van der Waals surface area contributed by atoms with Crippen molar-refractivity contribution in [3.8, 4) is 0 Å². The lowest BCUT2D eigenvalue weighted by atomic mass is 10.1. The summed E-state index contributed by atoms with van der Waals surface area (Å²) in [5.41, 5.74) is 0.858. The van der Waals surface area contributed by atoms with Crippen molar-refractivity contribution >= 4 is 28.9 Å².